The van der Waals surface area contributed by atoms with Crippen molar-refractivity contribution < 1.29 is 29.0 Å². The molecule has 0 saturated carbocycles. The van der Waals surface area contributed by atoms with Crippen LogP contribution in [-0.2, 0) is 25.7 Å². The first-order valence-electron chi connectivity index (χ1n) is 9.44. The van der Waals surface area contributed by atoms with Crippen molar-refractivity contribution in [1.29, 1.82) is 0 Å². The number of halogens is 1. The van der Waals surface area contributed by atoms with Gasteiger partial charge in [0.25, 0.3) is 0 Å². The fourth-order valence-electron chi connectivity index (χ4n) is 3.15. The summed E-state index contributed by atoms with van der Waals surface area (Å²) in [5.74, 6) is -3.89. The number of carboxylic acid groups (broad SMARTS) is 1. The molecule has 0 aliphatic carbocycles. The van der Waals surface area contributed by atoms with Gasteiger partial charge in [-0.1, -0.05) is 11.6 Å². The lowest BCUT2D eigenvalue weighted by Crippen LogP contribution is -2.52. The van der Waals surface area contributed by atoms with Gasteiger partial charge in [-0.3, -0.25) is 19.2 Å². The van der Waals surface area contributed by atoms with Gasteiger partial charge in [-0.2, -0.15) is 0 Å². The molecule has 10 heteroatoms. The number of rotatable bonds is 7. The van der Waals surface area contributed by atoms with Crippen molar-refractivity contribution in [3.8, 4) is 11.6 Å². The molecule has 1 fully saturated rings. The van der Waals surface area contributed by atoms with Crippen molar-refractivity contribution in [2.24, 2.45) is 5.92 Å². The van der Waals surface area contributed by atoms with Crippen molar-refractivity contribution in [3.63, 3.8) is 0 Å². The highest BCUT2D eigenvalue weighted by Crippen LogP contribution is 2.25. The molecule has 2 heterocycles. The number of benzene rings is 1. The quantitative estimate of drug-likeness (QED) is 0.624. The smallest absolute Gasteiger partial charge is 0.322 e. The van der Waals surface area contributed by atoms with Gasteiger partial charge < -0.3 is 20.1 Å². The zero-order valence-corrected chi connectivity index (χ0v) is 17.4. The summed E-state index contributed by atoms with van der Waals surface area (Å²) in [5.41, 5.74) is 1.44. The van der Waals surface area contributed by atoms with Crippen LogP contribution >= 0.6 is 11.6 Å². The fourth-order valence-corrected chi connectivity index (χ4v) is 3.27. The minimum atomic E-state index is -1.53. The van der Waals surface area contributed by atoms with E-state index in [0.29, 0.717) is 22.2 Å². The SMILES string of the molecule is Cc1cc(CN2CCC(=O)C(C(=O)NCC(=O)O)C2=O)cnc1Oc1ccc(Cl)cc1. The van der Waals surface area contributed by atoms with Gasteiger partial charge in [-0.05, 0) is 42.8 Å². The van der Waals surface area contributed by atoms with Gasteiger partial charge in [0.1, 0.15) is 12.3 Å². The van der Waals surface area contributed by atoms with Crippen molar-refractivity contribution in [2.45, 2.75) is 19.9 Å². The first kappa shape index (κ1) is 22.2. The number of likely N-dealkylation sites (tertiary alicyclic amines) is 1. The van der Waals surface area contributed by atoms with E-state index in [2.05, 4.69) is 10.3 Å². The standard InChI is InChI=1S/C21H20ClN3O6/c1-12-8-13(9-24-20(12)31-15-4-2-14(22)3-5-15)11-25-7-6-16(26)18(21(25)30)19(29)23-10-17(27)28/h2-5,8-9,18H,6-7,10-11H2,1H3,(H,23,29)(H,27,28). The van der Waals surface area contributed by atoms with E-state index < -0.39 is 36.0 Å². The highest BCUT2D eigenvalue weighted by molar-refractivity contribution is 6.30. The van der Waals surface area contributed by atoms with E-state index >= 15 is 0 Å². The van der Waals surface area contributed by atoms with Crippen LogP contribution in [0.1, 0.15) is 17.5 Å². The van der Waals surface area contributed by atoms with E-state index in [1.165, 1.54) is 4.90 Å². The van der Waals surface area contributed by atoms with Crippen LogP contribution in [-0.4, -0.2) is 51.6 Å². The molecule has 1 aliphatic heterocycles. The van der Waals surface area contributed by atoms with Crippen LogP contribution in [0.4, 0.5) is 0 Å². The summed E-state index contributed by atoms with van der Waals surface area (Å²) in [4.78, 5) is 53.2. The van der Waals surface area contributed by atoms with E-state index in [1.807, 2.05) is 13.0 Å². The largest absolute Gasteiger partial charge is 0.480 e. The first-order chi connectivity index (χ1) is 14.7. The van der Waals surface area contributed by atoms with Crippen LogP contribution in [0.15, 0.2) is 36.5 Å². The van der Waals surface area contributed by atoms with Gasteiger partial charge >= 0.3 is 5.97 Å². The molecule has 31 heavy (non-hydrogen) atoms. The minimum absolute atomic E-state index is 0.0150. The topological polar surface area (TPSA) is 126 Å². The second kappa shape index (κ2) is 9.57. The summed E-state index contributed by atoms with van der Waals surface area (Å²) < 4.78 is 5.74. The summed E-state index contributed by atoms with van der Waals surface area (Å²) >= 11 is 5.87. The molecule has 162 valence electrons. The first-order valence-corrected chi connectivity index (χ1v) is 9.82. The highest BCUT2D eigenvalue weighted by atomic mass is 35.5. The van der Waals surface area contributed by atoms with Crippen molar-refractivity contribution in [1.82, 2.24) is 15.2 Å². The summed E-state index contributed by atoms with van der Waals surface area (Å²) in [6.45, 7) is 1.48. The molecule has 0 bridgehead atoms. The molecular weight excluding hydrogens is 426 g/mol. The number of hydrogen-bond donors (Lipinski definition) is 2. The molecule has 9 nitrogen and oxygen atoms in total. The molecule has 1 unspecified atom stereocenters. The third-order valence-electron chi connectivity index (χ3n) is 4.67. The molecule has 2 aromatic rings. The number of Topliss-reactive ketones (excluding diaryl/α,β-unsaturated/α-hetero) is 1. The number of ether oxygens (including phenoxy) is 1. The third-order valence-corrected chi connectivity index (χ3v) is 4.93. The number of nitrogens with zero attached hydrogens (tertiary/aromatic N) is 2. The third kappa shape index (κ3) is 5.58. The van der Waals surface area contributed by atoms with Gasteiger partial charge in [0.05, 0.1) is 0 Å². The Kier molecular flexibility index (Phi) is 6.86. The predicted molar refractivity (Wildman–Crippen MR) is 110 cm³/mol. The number of hydrogen-bond acceptors (Lipinski definition) is 6. The highest BCUT2D eigenvalue weighted by Gasteiger charge is 2.40. The molecule has 2 N–H and O–H groups in total. The maximum absolute atomic E-state index is 12.7. The van der Waals surface area contributed by atoms with Crippen molar-refractivity contribution >= 4 is 35.2 Å². The number of ketones is 1. The normalized spacial score (nSPS) is 16.2. The van der Waals surface area contributed by atoms with Gasteiger partial charge in [0.2, 0.25) is 17.7 Å². The Labute approximate surface area is 183 Å². The molecule has 2 amide bonds. The van der Waals surface area contributed by atoms with Crippen LogP contribution in [0.25, 0.3) is 0 Å². The lowest BCUT2D eigenvalue weighted by Gasteiger charge is -2.30. The van der Waals surface area contributed by atoms with Crippen LogP contribution in [0.3, 0.4) is 0 Å². The predicted octanol–water partition coefficient (Wildman–Crippen LogP) is 1.95. The second-order valence-corrected chi connectivity index (χ2v) is 7.48. The number of nitrogens with one attached hydrogen (secondary N) is 1. The average Bonchev–Trinajstić information content (AvgIpc) is 2.72. The van der Waals surface area contributed by atoms with Crippen LogP contribution in [0.2, 0.25) is 5.02 Å². The number of carbonyl (C=O) groups excluding carboxylic acids is 3. The zero-order valence-electron chi connectivity index (χ0n) is 16.6. The summed E-state index contributed by atoms with van der Waals surface area (Å²) in [5, 5.41) is 11.4. The lowest BCUT2D eigenvalue weighted by atomic mass is 9.94. The molecular formula is C21H20ClN3O6. The number of aromatic nitrogens is 1. The van der Waals surface area contributed by atoms with Gasteiger partial charge in [-0.25, -0.2) is 4.98 Å². The molecule has 3 rings (SSSR count). The van der Waals surface area contributed by atoms with Crippen LogP contribution in [0.5, 0.6) is 11.6 Å². The Hall–Kier alpha value is -3.46. The Morgan fingerprint density at radius 1 is 1.29 bits per heavy atom. The van der Waals surface area contributed by atoms with Crippen molar-refractivity contribution in [3.05, 3.63) is 52.7 Å². The van der Waals surface area contributed by atoms with Gasteiger partial charge in [0.15, 0.2) is 11.7 Å². The number of pyridine rings is 1. The maximum Gasteiger partial charge on any atom is 0.322 e. The number of piperidine rings is 1. The molecule has 0 radical (unpaired) electrons. The number of carboxylic acids is 1. The minimum Gasteiger partial charge on any atom is -0.480 e. The lowest BCUT2D eigenvalue weighted by molar-refractivity contribution is -0.152. The van der Waals surface area contributed by atoms with Crippen molar-refractivity contribution in [2.75, 3.05) is 13.1 Å². The van der Waals surface area contributed by atoms with Gasteiger partial charge in [-0.15, -0.1) is 0 Å². The van der Waals surface area contributed by atoms with Gasteiger partial charge in [0, 0.05) is 36.3 Å². The molecule has 1 atom stereocenters. The summed E-state index contributed by atoms with van der Waals surface area (Å²) in [6.07, 6.45) is 1.57. The summed E-state index contributed by atoms with van der Waals surface area (Å²) in [7, 11) is 0. The Bertz CT molecular complexity index is 1020. The Balaban J connectivity index is 1.68. The molecule has 1 aliphatic rings. The number of aliphatic carboxylic acids is 1. The maximum atomic E-state index is 12.7. The number of amides is 2. The molecule has 0 spiro atoms. The van der Waals surface area contributed by atoms with Crippen LogP contribution < -0.4 is 10.1 Å². The number of carbonyl (C=O) groups is 4. The summed E-state index contributed by atoms with van der Waals surface area (Å²) in [6, 6.07) is 8.65. The van der Waals surface area contributed by atoms with E-state index in [4.69, 9.17) is 21.4 Å². The second-order valence-electron chi connectivity index (χ2n) is 7.04. The van der Waals surface area contributed by atoms with E-state index in [0.717, 1.165) is 5.56 Å². The molecule has 1 aromatic heterocycles. The Morgan fingerprint density at radius 2 is 2.00 bits per heavy atom. The Morgan fingerprint density at radius 3 is 2.65 bits per heavy atom. The fraction of sp³-hybridized carbons (Fsp3) is 0.286. The molecule has 1 saturated heterocycles. The van der Waals surface area contributed by atoms with E-state index in [-0.39, 0.29) is 19.5 Å². The average molecular weight is 446 g/mol. The van der Waals surface area contributed by atoms with E-state index in [9.17, 15) is 19.2 Å². The monoisotopic (exact) mass is 445 g/mol. The van der Waals surface area contributed by atoms with E-state index in [1.54, 1.807) is 30.5 Å². The number of aryl methyl sites for hydroxylation is 1. The zero-order chi connectivity index (χ0) is 22.5. The molecule has 1 aromatic carbocycles. The van der Waals surface area contributed by atoms with Crippen LogP contribution in [0, 0.1) is 12.8 Å².